The van der Waals surface area contributed by atoms with E-state index in [0.29, 0.717) is 53.7 Å². The molecule has 1 amide bonds. The molecule has 3 aromatic rings. The number of unbranched alkanes of at least 4 members (excludes halogenated alkanes) is 1. The minimum absolute atomic E-state index is 0.0207. The Balaban J connectivity index is 1.80. The van der Waals surface area contributed by atoms with Gasteiger partial charge in [0.2, 0.25) is 5.75 Å². The maximum atomic E-state index is 13.5. The van der Waals surface area contributed by atoms with E-state index in [1.165, 1.54) is 26.2 Å². The summed E-state index contributed by atoms with van der Waals surface area (Å²) in [5, 5.41) is 11.5. The van der Waals surface area contributed by atoms with Crippen LogP contribution in [0.1, 0.15) is 43.4 Å². The predicted molar refractivity (Wildman–Crippen MR) is 149 cm³/mol. The maximum Gasteiger partial charge on any atom is 0.295 e. The average molecular weight is 550 g/mol. The molecule has 0 aliphatic carbocycles. The summed E-state index contributed by atoms with van der Waals surface area (Å²) >= 11 is 0. The van der Waals surface area contributed by atoms with Gasteiger partial charge in [-0.1, -0.05) is 25.5 Å². The van der Waals surface area contributed by atoms with Crippen molar-refractivity contribution in [1.82, 2.24) is 14.5 Å². The molecule has 212 valence electrons. The second-order valence-corrected chi connectivity index (χ2v) is 9.34. The maximum absolute atomic E-state index is 13.5. The number of nitrogens with zero attached hydrogens (tertiary/aromatic N) is 3. The first kappa shape index (κ1) is 28.5. The van der Waals surface area contributed by atoms with E-state index in [0.717, 1.165) is 12.8 Å². The standard InChI is InChI=1S/C30H35N3O7/c1-5-6-15-40-22-10-7-9-20(16-22)27(34)25-26(21-17-23(37-2)29(39-4)24(18-21)38-3)33(30(36)28(25)35)13-8-12-32-14-11-31-19-32/h7,9-11,14,16-19,26,34H,5-6,8,12-13,15H2,1-4H3. The number of hydrogen-bond acceptors (Lipinski definition) is 8. The number of rotatable bonds is 13. The Morgan fingerprint density at radius 2 is 1.75 bits per heavy atom. The summed E-state index contributed by atoms with van der Waals surface area (Å²) in [6.45, 7) is 3.47. The summed E-state index contributed by atoms with van der Waals surface area (Å²) < 4.78 is 24.3. The van der Waals surface area contributed by atoms with Crippen molar-refractivity contribution in [1.29, 1.82) is 0 Å². The van der Waals surface area contributed by atoms with Crippen LogP contribution >= 0.6 is 0 Å². The first-order valence-corrected chi connectivity index (χ1v) is 13.2. The zero-order chi connectivity index (χ0) is 28.6. The number of aryl methyl sites for hydroxylation is 1. The second kappa shape index (κ2) is 13.1. The molecule has 40 heavy (non-hydrogen) atoms. The van der Waals surface area contributed by atoms with E-state index in [4.69, 9.17) is 18.9 Å². The van der Waals surface area contributed by atoms with Crippen molar-refractivity contribution >= 4 is 17.4 Å². The SMILES string of the molecule is CCCCOc1cccc(C(O)=C2C(=O)C(=O)N(CCCn3ccnc3)C2c2cc(OC)c(OC)c(OC)c2)c1. The largest absolute Gasteiger partial charge is 0.507 e. The van der Waals surface area contributed by atoms with Crippen LogP contribution in [0.2, 0.25) is 0 Å². The second-order valence-electron chi connectivity index (χ2n) is 9.34. The number of benzene rings is 2. The lowest BCUT2D eigenvalue weighted by Crippen LogP contribution is -2.31. The third-order valence-electron chi connectivity index (χ3n) is 6.79. The van der Waals surface area contributed by atoms with E-state index in [-0.39, 0.29) is 17.9 Å². The number of carbonyl (C=O) groups is 2. The number of imidazole rings is 1. The van der Waals surface area contributed by atoms with E-state index >= 15 is 0 Å². The highest BCUT2D eigenvalue weighted by Gasteiger charge is 2.46. The average Bonchev–Trinajstić information content (AvgIpc) is 3.58. The van der Waals surface area contributed by atoms with Gasteiger partial charge >= 0.3 is 0 Å². The fraction of sp³-hybridized carbons (Fsp3) is 0.367. The molecule has 0 saturated carbocycles. The van der Waals surface area contributed by atoms with Gasteiger partial charge in [0.25, 0.3) is 11.7 Å². The molecule has 1 N–H and O–H groups in total. The molecule has 1 aliphatic heterocycles. The first-order chi connectivity index (χ1) is 19.4. The van der Waals surface area contributed by atoms with Crippen LogP contribution in [0.3, 0.4) is 0 Å². The van der Waals surface area contributed by atoms with Gasteiger partial charge in [-0.3, -0.25) is 9.59 Å². The van der Waals surface area contributed by atoms with Gasteiger partial charge in [0.15, 0.2) is 11.5 Å². The summed E-state index contributed by atoms with van der Waals surface area (Å²) in [6.07, 6.45) is 7.65. The smallest absolute Gasteiger partial charge is 0.295 e. The van der Waals surface area contributed by atoms with Gasteiger partial charge in [0, 0.05) is 31.0 Å². The summed E-state index contributed by atoms with van der Waals surface area (Å²) in [7, 11) is 4.48. The summed E-state index contributed by atoms with van der Waals surface area (Å²) in [6, 6.07) is 9.38. The molecular weight excluding hydrogens is 514 g/mol. The molecule has 1 atom stereocenters. The van der Waals surface area contributed by atoms with E-state index in [9.17, 15) is 14.7 Å². The molecule has 4 rings (SSSR count). The van der Waals surface area contributed by atoms with Gasteiger partial charge in [-0.05, 0) is 42.7 Å². The van der Waals surface area contributed by atoms with Gasteiger partial charge in [-0.15, -0.1) is 0 Å². The fourth-order valence-corrected chi connectivity index (χ4v) is 4.78. The van der Waals surface area contributed by atoms with Crippen LogP contribution in [-0.2, 0) is 16.1 Å². The van der Waals surface area contributed by atoms with Crippen molar-refractivity contribution in [2.24, 2.45) is 0 Å². The van der Waals surface area contributed by atoms with E-state index in [1.807, 2.05) is 10.8 Å². The van der Waals surface area contributed by atoms with E-state index in [1.54, 1.807) is 48.9 Å². The van der Waals surface area contributed by atoms with Crippen molar-refractivity contribution in [3.8, 4) is 23.0 Å². The summed E-state index contributed by atoms with van der Waals surface area (Å²) in [4.78, 5) is 32.4. The zero-order valence-corrected chi connectivity index (χ0v) is 23.3. The zero-order valence-electron chi connectivity index (χ0n) is 23.3. The van der Waals surface area contributed by atoms with Crippen LogP contribution in [0.25, 0.3) is 5.76 Å². The van der Waals surface area contributed by atoms with Crippen molar-refractivity contribution in [3.63, 3.8) is 0 Å². The number of carbonyl (C=O) groups excluding carboxylic acids is 2. The molecule has 0 bridgehead atoms. The number of ketones is 1. The lowest BCUT2D eigenvalue weighted by molar-refractivity contribution is -0.139. The topological polar surface area (TPSA) is 112 Å². The lowest BCUT2D eigenvalue weighted by Gasteiger charge is -2.26. The van der Waals surface area contributed by atoms with Crippen LogP contribution in [0.5, 0.6) is 23.0 Å². The Morgan fingerprint density at radius 3 is 2.38 bits per heavy atom. The summed E-state index contributed by atoms with van der Waals surface area (Å²) in [5.74, 6) is -0.0638. The van der Waals surface area contributed by atoms with Gasteiger partial charge in [-0.2, -0.15) is 0 Å². The molecule has 2 aromatic carbocycles. The Bertz CT molecular complexity index is 1340. The molecule has 1 unspecified atom stereocenters. The Hall–Kier alpha value is -4.47. The van der Waals surface area contributed by atoms with Crippen molar-refractivity contribution in [3.05, 3.63) is 71.8 Å². The Kier molecular flexibility index (Phi) is 9.31. The van der Waals surface area contributed by atoms with Crippen LogP contribution in [-0.4, -0.2) is 65.7 Å². The quantitative estimate of drug-likeness (QED) is 0.143. The number of amides is 1. The predicted octanol–water partition coefficient (Wildman–Crippen LogP) is 4.60. The van der Waals surface area contributed by atoms with Gasteiger partial charge in [0.1, 0.15) is 11.5 Å². The minimum Gasteiger partial charge on any atom is -0.507 e. The summed E-state index contributed by atoms with van der Waals surface area (Å²) in [5.41, 5.74) is 0.892. The lowest BCUT2D eigenvalue weighted by atomic mass is 9.94. The van der Waals surface area contributed by atoms with E-state index in [2.05, 4.69) is 11.9 Å². The number of hydrogen-bond donors (Lipinski definition) is 1. The molecule has 1 aromatic heterocycles. The number of ether oxygens (including phenoxy) is 4. The number of aliphatic hydroxyl groups excluding tert-OH is 1. The molecule has 0 radical (unpaired) electrons. The molecule has 10 nitrogen and oxygen atoms in total. The van der Waals surface area contributed by atoms with Gasteiger partial charge in [-0.25, -0.2) is 4.98 Å². The number of methoxy groups -OCH3 is 3. The van der Waals surface area contributed by atoms with Crippen LogP contribution in [0.4, 0.5) is 0 Å². The minimum atomic E-state index is -0.888. The first-order valence-electron chi connectivity index (χ1n) is 13.2. The third-order valence-corrected chi connectivity index (χ3v) is 6.79. The van der Waals surface area contributed by atoms with Crippen molar-refractivity contribution in [2.45, 2.75) is 38.8 Å². The Morgan fingerprint density at radius 1 is 1.00 bits per heavy atom. The fourth-order valence-electron chi connectivity index (χ4n) is 4.78. The van der Waals surface area contributed by atoms with Crippen LogP contribution < -0.4 is 18.9 Å². The van der Waals surface area contributed by atoms with Crippen molar-refractivity contribution in [2.75, 3.05) is 34.5 Å². The monoisotopic (exact) mass is 549 g/mol. The number of aromatic nitrogens is 2. The molecule has 1 aliphatic rings. The van der Waals surface area contributed by atoms with Gasteiger partial charge < -0.3 is 33.5 Å². The van der Waals surface area contributed by atoms with Crippen LogP contribution in [0, 0.1) is 0 Å². The molecule has 1 fully saturated rings. The number of likely N-dealkylation sites (tertiary alicyclic amines) is 1. The van der Waals surface area contributed by atoms with Crippen molar-refractivity contribution < 1.29 is 33.6 Å². The normalized spacial score (nSPS) is 16.3. The molecule has 0 spiro atoms. The van der Waals surface area contributed by atoms with Gasteiger partial charge in [0.05, 0.1) is 45.9 Å². The number of aliphatic hydroxyl groups is 1. The molecular formula is C30H35N3O7. The molecule has 10 heteroatoms. The molecule has 1 saturated heterocycles. The molecule has 2 heterocycles. The highest BCUT2D eigenvalue weighted by Crippen LogP contribution is 2.45. The highest BCUT2D eigenvalue weighted by molar-refractivity contribution is 6.46. The van der Waals surface area contributed by atoms with E-state index < -0.39 is 17.7 Å². The highest BCUT2D eigenvalue weighted by atomic mass is 16.5. The Labute approximate surface area is 233 Å². The van der Waals surface area contributed by atoms with Crippen LogP contribution in [0.15, 0.2) is 60.7 Å². The third kappa shape index (κ3) is 5.90. The number of Topliss-reactive ketones (excluding diaryl/α,β-unsaturated/α-hetero) is 1.